The van der Waals surface area contributed by atoms with Crippen molar-refractivity contribution >= 4 is 5.69 Å². The quantitative estimate of drug-likeness (QED) is 0.802. The molecule has 1 atom stereocenters. The Labute approximate surface area is 161 Å². The number of hydrogen-bond acceptors (Lipinski definition) is 5. The van der Waals surface area contributed by atoms with Gasteiger partial charge in [-0.3, -0.25) is 4.90 Å². The lowest BCUT2D eigenvalue weighted by Gasteiger charge is -2.40. The molecule has 0 bridgehead atoms. The van der Waals surface area contributed by atoms with Gasteiger partial charge in [-0.25, -0.2) is 9.07 Å². The summed E-state index contributed by atoms with van der Waals surface area (Å²) in [5.74, 6) is 1.31. The Morgan fingerprint density at radius 2 is 1.74 bits per heavy atom. The van der Waals surface area contributed by atoms with Crippen LogP contribution in [-0.4, -0.2) is 51.3 Å². The number of halogens is 1. The predicted molar refractivity (Wildman–Crippen MR) is 105 cm³/mol. The maximum atomic E-state index is 14.1. The van der Waals surface area contributed by atoms with E-state index in [-0.39, 0.29) is 17.4 Å². The molecule has 148 valence electrons. The van der Waals surface area contributed by atoms with Gasteiger partial charge in [0.2, 0.25) is 0 Å². The van der Waals surface area contributed by atoms with Crippen LogP contribution in [-0.2, 0) is 5.54 Å². The zero-order valence-corrected chi connectivity index (χ0v) is 17.1. The number of piperazine rings is 1. The van der Waals surface area contributed by atoms with E-state index in [1.54, 1.807) is 6.07 Å². The highest BCUT2D eigenvalue weighted by Crippen LogP contribution is 2.30. The lowest BCUT2D eigenvalue weighted by atomic mass is 9.99. The van der Waals surface area contributed by atoms with E-state index in [4.69, 9.17) is 0 Å². The molecule has 6 nitrogen and oxygen atoms in total. The summed E-state index contributed by atoms with van der Waals surface area (Å²) in [6.07, 6.45) is 0.996. The van der Waals surface area contributed by atoms with Gasteiger partial charge in [-0.15, -0.1) is 5.10 Å². The fourth-order valence-corrected chi connectivity index (χ4v) is 3.73. The number of rotatable bonds is 5. The maximum Gasteiger partial charge on any atom is 0.168 e. The molecular formula is C20H31FN6. The van der Waals surface area contributed by atoms with Gasteiger partial charge in [-0.05, 0) is 55.7 Å². The number of para-hydroxylation sites is 1. The molecule has 0 radical (unpaired) electrons. The Kier molecular flexibility index (Phi) is 5.79. The molecule has 7 heteroatoms. The Morgan fingerprint density at radius 1 is 1.07 bits per heavy atom. The summed E-state index contributed by atoms with van der Waals surface area (Å²) in [5, 5.41) is 12.6. The molecule has 1 saturated heterocycles. The second-order valence-corrected chi connectivity index (χ2v) is 8.74. The summed E-state index contributed by atoms with van der Waals surface area (Å²) in [5.41, 5.74) is 0.528. The van der Waals surface area contributed by atoms with E-state index < -0.39 is 0 Å². The number of hydrogen-bond donors (Lipinski definition) is 0. The Hall–Kier alpha value is -2.02. The fraction of sp³-hybridized carbons (Fsp3) is 0.650. The molecule has 2 aromatic rings. The van der Waals surface area contributed by atoms with Crippen molar-refractivity contribution < 1.29 is 4.39 Å². The highest BCUT2D eigenvalue weighted by Gasteiger charge is 2.32. The molecule has 1 aromatic heterocycles. The van der Waals surface area contributed by atoms with Gasteiger partial charge in [0.1, 0.15) is 5.82 Å². The van der Waals surface area contributed by atoms with E-state index in [9.17, 15) is 4.39 Å². The Balaban J connectivity index is 1.78. The number of nitrogens with zero attached hydrogens (tertiary/aromatic N) is 6. The minimum absolute atomic E-state index is 0.152. The Bertz CT molecular complexity index is 743. The second kappa shape index (κ2) is 7.92. The lowest BCUT2D eigenvalue weighted by molar-refractivity contribution is 0.146. The van der Waals surface area contributed by atoms with Gasteiger partial charge >= 0.3 is 0 Å². The zero-order chi connectivity index (χ0) is 19.6. The molecule has 1 aliphatic rings. The third-order valence-corrected chi connectivity index (χ3v) is 5.07. The van der Waals surface area contributed by atoms with E-state index in [1.165, 1.54) is 6.07 Å². The van der Waals surface area contributed by atoms with Crippen LogP contribution in [0.2, 0.25) is 0 Å². The first-order chi connectivity index (χ1) is 12.8. The van der Waals surface area contributed by atoms with E-state index >= 15 is 0 Å². The van der Waals surface area contributed by atoms with Crippen molar-refractivity contribution in [3.05, 3.63) is 35.9 Å². The van der Waals surface area contributed by atoms with Gasteiger partial charge < -0.3 is 4.90 Å². The molecule has 0 spiro atoms. The summed E-state index contributed by atoms with van der Waals surface area (Å²) in [4.78, 5) is 4.58. The van der Waals surface area contributed by atoms with Crippen molar-refractivity contribution in [2.75, 3.05) is 31.1 Å². The molecule has 0 unspecified atom stereocenters. The minimum atomic E-state index is -0.164. The van der Waals surface area contributed by atoms with Crippen LogP contribution in [0.4, 0.5) is 10.1 Å². The van der Waals surface area contributed by atoms with Gasteiger partial charge in [-0.1, -0.05) is 26.0 Å². The average molecular weight is 375 g/mol. The van der Waals surface area contributed by atoms with Crippen molar-refractivity contribution in [1.29, 1.82) is 0 Å². The normalized spacial score (nSPS) is 17.5. The highest BCUT2D eigenvalue weighted by molar-refractivity contribution is 5.48. The summed E-state index contributed by atoms with van der Waals surface area (Å²) < 4.78 is 16.1. The van der Waals surface area contributed by atoms with Crippen LogP contribution in [0, 0.1) is 11.7 Å². The van der Waals surface area contributed by atoms with Gasteiger partial charge in [0.05, 0.1) is 17.3 Å². The van der Waals surface area contributed by atoms with Crippen LogP contribution in [0.1, 0.15) is 52.9 Å². The maximum absolute atomic E-state index is 14.1. The van der Waals surface area contributed by atoms with Crippen molar-refractivity contribution in [1.82, 2.24) is 25.1 Å². The summed E-state index contributed by atoms with van der Waals surface area (Å²) >= 11 is 0. The van der Waals surface area contributed by atoms with Crippen molar-refractivity contribution in [2.24, 2.45) is 5.92 Å². The van der Waals surface area contributed by atoms with Crippen LogP contribution in [0.5, 0.6) is 0 Å². The molecule has 0 aliphatic carbocycles. The molecule has 1 fully saturated rings. The van der Waals surface area contributed by atoms with Gasteiger partial charge in [0, 0.05) is 26.2 Å². The third-order valence-electron chi connectivity index (χ3n) is 5.07. The van der Waals surface area contributed by atoms with E-state index in [1.807, 2.05) is 16.8 Å². The summed E-state index contributed by atoms with van der Waals surface area (Å²) in [6, 6.07) is 7.18. The molecule has 3 rings (SSSR count). The lowest BCUT2D eigenvalue weighted by Crippen LogP contribution is -2.49. The molecule has 1 aromatic carbocycles. The highest BCUT2D eigenvalue weighted by atomic mass is 19.1. The smallest absolute Gasteiger partial charge is 0.168 e. The van der Waals surface area contributed by atoms with Crippen molar-refractivity contribution in [3.63, 3.8) is 0 Å². The number of aromatic nitrogens is 4. The standard InChI is InChI=1S/C20H31FN6/c1-15(2)14-18(19-22-23-24-27(19)20(3,4)5)26-12-10-25(11-13-26)17-9-7-6-8-16(17)21/h6-9,15,18H,10-14H2,1-5H3/t18-/m1/s1. The fourth-order valence-electron chi connectivity index (χ4n) is 3.73. The van der Waals surface area contributed by atoms with Crippen LogP contribution in [0.15, 0.2) is 24.3 Å². The largest absolute Gasteiger partial charge is 0.367 e. The average Bonchev–Trinajstić information content (AvgIpc) is 3.10. The molecule has 27 heavy (non-hydrogen) atoms. The topological polar surface area (TPSA) is 50.1 Å². The van der Waals surface area contributed by atoms with Crippen LogP contribution >= 0.6 is 0 Å². The first kappa shape index (κ1) is 19.7. The Morgan fingerprint density at radius 3 is 2.33 bits per heavy atom. The minimum Gasteiger partial charge on any atom is -0.367 e. The van der Waals surface area contributed by atoms with Gasteiger partial charge in [0.25, 0.3) is 0 Å². The first-order valence-electron chi connectivity index (χ1n) is 9.79. The molecule has 2 heterocycles. The monoisotopic (exact) mass is 374 g/mol. The summed E-state index contributed by atoms with van der Waals surface area (Å²) in [6.45, 7) is 14.1. The number of benzene rings is 1. The second-order valence-electron chi connectivity index (χ2n) is 8.74. The molecule has 1 aliphatic heterocycles. The van der Waals surface area contributed by atoms with Crippen LogP contribution in [0.25, 0.3) is 0 Å². The summed E-state index contributed by atoms with van der Waals surface area (Å²) in [7, 11) is 0. The van der Waals surface area contributed by atoms with Crippen molar-refractivity contribution in [2.45, 2.75) is 52.6 Å². The van der Waals surface area contributed by atoms with Crippen LogP contribution < -0.4 is 4.90 Å². The van der Waals surface area contributed by atoms with E-state index in [0.29, 0.717) is 11.6 Å². The number of anilines is 1. The SMILES string of the molecule is CC(C)C[C@H](c1nnnn1C(C)(C)C)N1CCN(c2ccccc2F)CC1. The van der Waals surface area contributed by atoms with Gasteiger partial charge in [0.15, 0.2) is 5.82 Å². The predicted octanol–water partition coefficient (Wildman–Crippen LogP) is 3.48. The van der Waals surface area contributed by atoms with Crippen LogP contribution in [0.3, 0.4) is 0 Å². The first-order valence-corrected chi connectivity index (χ1v) is 9.79. The molecule has 0 amide bonds. The molecule has 0 saturated carbocycles. The molecule has 0 N–H and O–H groups in total. The third kappa shape index (κ3) is 4.46. The number of tetrazole rings is 1. The van der Waals surface area contributed by atoms with E-state index in [0.717, 1.165) is 38.4 Å². The van der Waals surface area contributed by atoms with Crippen molar-refractivity contribution in [3.8, 4) is 0 Å². The van der Waals surface area contributed by atoms with E-state index in [2.05, 4.69) is 59.9 Å². The zero-order valence-electron chi connectivity index (χ0n) is 17.1. The van der Waals surface area contributed by atoms with Gasteiger partial charge in [-0.2, -0.15) is 0 Å². The molecular weight excluding hydrogens is 343 g/mol.